The Labute approximate surface area is 117 Å². The molecule has 1 N–H and O–H groups in total. The van der Waals surface area contributed by atoms with E-state index in [1.165, 1.54) is 0 Å². The smallest absolute Gasteiger partial charge is 0.226 e. The van der Waals surface area contributed by atoms with Crippen molar-refractivity contribution in [3.63, 3.8) is 0 Å². The maximum Gasteiger partial charge on any atom is 0.226 e. The van der Waals surface area contributed by atoms with Crippen LogP contribution in [-0.4, -0.2) is 4.98 Å². The average Bonchev–Trinajstić information content (AvgIpc) is 3.09. The summed E-state index contributed by atoms with van der Waals surface area (Å²) in [6.07, 6.45) is 3.34. The van der Waals surface area contributed by atoms with Crippen molar-refractivity contribution in [1.82, 2.24) is 4.98 Å². The van der Waals surface area contributed by atoms with E-state index < -0.39 is 0 Å². The Balaban J connectivity index is 1.83. The number of nitrogens with one attached hydrogen (secondary N) is 1. The molecule has 3 aromatic rings. The Hall–Kier alpha value is -2.49. The van der Waals surface area contributed by atoms with E-state index >= 15 is 0 Å². The number of aryl methyl sites for hydroxylation is 2. The second-order valence-electron chi connectivity index (χ2n) is 4.76. The number of rotatable bonds is 4. The van der Waals surface area contributed by atoms with Crippen molar-refractivity contribution in [3.8, 4) is 11.5 Å². The van der Waals surface area contributed by atoms with E-state index in [9.17, 15) is 0 Å². The zero-order valence-electron chi connectivity index (χ0n) is 11.5. The maximum atomic E-state index is 5.48. The predicted molar refractivity (Wildman–Crippen MR) is 77.4 cm³/mol. The molecule has 20 heavy (non-hydrogen) atoms. The maximum absolute atomic E-state index is 5.48. The van der Waals surface area contributed by atoms with Crippen LogP contribution in [0.5, 0.6) is 0 Å². The summed E-state index contributed by atoms with van der Waals surface area (Å²) in [5.74, 6) is 1.56. The molecule has 0 aliphatic rings. The van der Waals surface area contributed by atoms with Gasteiger partial charge in [-0.2, -0.15) is 0 Å². The summed E-state index contributed by atoms with van der Waals surface area (Å²) in [7, 11) is 0. The number of aromatic nitrogens is 1. The Morgan fingerprint density at radius 1 is 1.15 bits per heavy atom. The van der Waals surface area contributed by atoms with Crippen molar-refractivity contribution < 1.29 is 8.83 Å². The van der Waals surface area contributed by atoms with Crippen LogP contribution in [0.2, 0.25) is 0 Å². The van der Waals surface area contributed by atoms with E-state index in [-0.39, 0.29) is 0 Å². The van der Waals surface area contributed by atoms with Gasteiger partial charge < -0.3 is 14.2 Å². The molecule has 102 valence electrons. The highest BCUT2D eigenvalue weighted by atomic mass is 16.3. The number of nitrogens with zero attached hydrogens (tertiary/aromatic N) is 1. The highest BCUT2D eigenvalue weighted by Crippen LogP contribution is 2.26. The molecule has 2 aromatic heterocycles. The van der Waals surface area contributed by atoms with E-state index in [0.29, 0.717) is 12.4 Å². The van der Waals surface area contributed by atoms with Crippen LogP contribution in [0.1, 0.15) is 17.0 Å². The summed E-state index contributed by atoms with van der Waals surface area (Å²) < 4.78 is 10.8. The molecule has 0 atom stereocenters. The summed E-state index contributed by atoms with van der Waals surface area (Å²) in [5, 5.41) is 3.33. The Bertz CT molecular complexity index is 699. The Kier molecular flexibility index (Phi) is 3.29. The van der Waals surface area contributed by atoms with E-state index in [0.717, 1.165) is 28.3 Å². The second kappa shape index (κ2) is 5.25. The molecule has 0 amide bonds. The van der Waals surface area contributed by atoms with Crippen LogP contribution in [0.3, 0.4) is 0 Å². The fraction of sp³-hybridized carbons (Fsp3) is 0.188. The van der Waals surface area contributed by atoms with Gasteiger partial charge in [-0.25, -0.2) is 4.98 Å². The van der Waals surface area contributed by atoms with Crippen LogP contribution >= 0.6 is 0 Å². The lowest BCUT2D eigenvalue weighted by Crippen LogP contribution is -1.98. The first-order valence-electron chi connectivity index (χ1n) is 6.52. The molecule has 1 aromatic carbocycles. The molecule has 0 fully saturated rings. The van der Waals surface area contributed by atoms with E-state index in [2.05, 4.69) is 16.4 Å². The van der Waals surface area contributed by atoms with Gasteiger partial charge in [0.15, 0.2) is 0 Å². The second-order valence-corrected chi connectivity index (χ2v) is 4.76. The molecule has 4 nitrogen and oxygen atoms in total. The zero-order chi connectivity index (χ0) is 13.9. The minimum atomic E-state index is 0.653. The van der Waals surface area contributed by atoms with Crippen LogP contribution < -0.4 is 5.32 Å². The molecule has 0 unspecified atom stereocenters. The lowest BCUT2D eigenvalue weighted by Gasteiger charge is -2.08. The summed E-state index contributed by atoms with van der Waals surface area (Å²) >= 11 is 0. The SMILES string of the molecule is Cc1coc(-c2cc(NCc3ccco3)ccc2C)n1. The van der Waals surface area contributed by atoms with Crippen molar-refractivity contribution in [2.45, 2.75) is 20.4 Å². The average molecular weight is 268 g/mol. The number of oxazole rings is 1. The fourth-order valence-electron chi connectivity index (χ4n) is 2.04. The summed E-state index contributed by atoms with van der Waals surface area (Å²) in [6.45, 7) is 4.62. The first-order chi connectivity index (χ1) is 9.72. The first-order valence-corrected chi connectivity index (χ1v) is 6.52. The standard InChI is InChI=1S/C16H16N2O2/c1-11-5-6-13(17-9-14-4-3-7-19-14)8-15(11)16-18-12(2)10-20-16/h3-8,10,17H,9H2,1-2H3. The Morgan fingerprint density at radius 3 is 2.75 bits per heavy atom. The van der Waals surface area contributed by atoms with Crippen LogP contribution in [0.4, 0.5) is 5.69 Å². The minimum Gasteiger partial charge on any atom is -0.467 e. The minimum absolute atomic E-state index is 0.653. The van der Waals surface area contributed by atoms with Gasteiger partial charge in [-0.1, -0.05) is 6.07 Å². The summed E-state index contributed by atoms with van der Waals surface area (Å²) in [4.78, 5) is 4.38. The third kappa shape index (κ3) is 2.59. The van der Waals surface area contributed by atoms with Gasteiger partial charge >= 0.3 is 0 Å². The van der Waals surface area contributed by atoms with Crippen molar-refractivity contribution in [2.24, 2.45) is 0 Å². The Morgan fingerprint density at radius 2 is 2.05 bits per heavy atom. The van der Waals surface area contributed by atoms with Gasteiger partial charge in [-0.05, 0) is 43.7 Å². The largest absolute Gasteiger partial charge is 0.467 e. The normalized spacial score (nSPS) is 10.7. The lowest BCUT2D eigenvalue weighted by atomic mass is 10.1. The van der Waals surface area contributed by atoms with Crippen molar-refractivity contribution >= 4 is 5.69 Å². The number of hydrogen-bond donors (Lipinski definition) is 1. The molecule has 0 saturated heterocycles. The van der Waals surface area contributed by atoms with E-state index in [4.69, 9.17) is 8.83 Å². The van der Waals surface area contributed by atoms with Gasteiger partial charge in [0.1, 0.15) is 12.0 Å². The van der Waals surface area contributed by atoms with Gasteiger partial charge in [0, 0.05) is 11.3 Å². The molecule has 3 rings (SSSR count). The quantitative estimate of drug-likeness (QED) is 0.771. The topological polar surface area (TPSA) is 51.2 Å². The van der Waals surface area contributed by atoms with E-state index in [1.807, 2.05) is 38.1 Å². The van der Waals surface area contributed by atoms with Crippen LogP contribution in [0, 0.1) is 13.8 Å². The van der Waals surface area contributed by atoms with Crippen LogP contribution in [-0.2, 0) is 6.54 Å². The van der Waals surface area contributed by atoms with Gasteiger partial charge in [0.05, 0.1) is 18.5 Å². The molecule has 0 aliphatic heterocycles. The molecular formula is C16H16N2O2. The monoisotopic (exact) mass is 268 g/mol. The van der Waals surface area contributed by atoms with Crippen molar-refractivity contribution in [3.05, 3.63) is 59.9 Å². The molecule has 4 heteroatoms. The molecule has 0 aliphatic carbocycles. The van der Waals surface area contributed by atoms with Gasteiger partial charge in [0.2, 0.25) is 5.89 Å². The number of furan rings is 1. The zero-order valence-corrected chi connectivity index (χ0v) is 11.5. The predicted octanol–water partition coefficient (Wildman–Crippen LogP) is 4.16. The molecule has 0 saturated carbocycles. The highest BCUT2D eigenvalue weighted by Gasteiger charge is 2.09. The van der Waals surface area contributed by atoms with Crippen LogP contribution in [0.15, 0.2) is 51.7 Å². The first kappa shape index (κ1) is 12.5. The number of anilines is 1. The van der Waals surface area contributed by atoms with E-state index in [1.54, 1.807) is 12.5 Å². The van der Waals surface area contributed by atoms with Crippen molar-refractivity contribution in [2.75, 3.05) is 5.32 Å². The van der Waals surface area contributed by atoms with Crippen LogP contribution in [0.25, 0.3) is 11.5 Å². The molecule has 0 radical (unpaired) electrons. The van der Waals surface area contributed by atoms with Gasteiger partial charge in [0.25, 0.3) is 0 Å². The van der Waals surface area contributed by atoms with Gasteiger partial charge in [-0.3, -0.25) is 0 Å². The lowest BCUT2D eigenvalue weighted by molar-refractivity contribution is 0.518. The fourth-order valence-corrected chi connectivity index (χ4v) is 2.04. The molecule has 0 bridgehead atoms. The van der Waals surface area contributed by atoms with Gasteiger partial charge in [-0.15, -0.1) is 0 Å². The number of benzene rings is 1. The molecule has 0 spiro atoms. The van der Waals surface area contributed by atoms with Crippen molar-refractivity contribution in [1.29, 1.82) is 0 Å². The molecular weight excluding hydrogens is 252 g/mol. The summed E-state index contributed by atoms with van der Waals surface area (Å²) in [5.41, 5.74) is 4.03. The number of hydrogen-bond acceptors (Lipinski definition) is 4. The summed E-state index contributed by atoms with van der Waals surface area (Å²) in [6, 6.07) is 9.97. The molecule has 2 heterocycles. The third-order valence-corrected chi connectivity index (χ3v) is 3.13. The third-order valence-electron chi connectivity index (χ3n) is 3.13. The highest BCUT2D eigenvalue weighted by molar-refractivity contribution is 5.65.